The van der Waals surface area contributed by atoms with Gasteiger partial charge in [0.05, 0.1) is 6.54 Å². The van der Waals surface area contributed by atoms with Gasteiger partial charge in [0, 0.05) is 18.7 Å². The van der Waals surface area contributed by atoms with Crippen molar-refractivity contribution < 1.29 is 9.59 Å². The van der Waals surface area contributed by atoms with E-state index in [9.17, 15) is 9.59 Å². The summed E-state index contributed by atoms with van der Waals surface area (Å²) >= 11 is 1.40. The summed E-state index contributed by atoms with van der Waals surface area (Å²) in [6.45, 7) is 3.27. The Labute approximate surface area is 121 Å². The Hall–Kier alpha value is -1.82. The maximum atomic E-state index is 12.1. The molecule has 0 aromatic heterocycles. The SMILES string of the molecule is Cc1ccccc1NC(=O)CC1SC2=NCCN2C1=O. The number of fused-ring (bicyclic) bond motifs is 1. The summed E-state index contributed by atoms with van der Waals surface area (Å²) in [6, 6.07) is 7.60. The predicted molar refractivity (Wildman–Crippen MR) is 79.8 cm³/mol. The van der Waals surface area contributed by atoms with Crippen molar-refractivity contribution in [1.29, 1.82) is 0 Å². The molecule has 1 aromatic carbocycles. The van der Waals surface area contributed by atoms with Gasteiger partial charge >= 0.3 is 0 Å². The largest absolute Gasteiger partial charge is 0.326 e. The van der Waals surface area contributed by atoms with Crippen LogP contribution in [0.5, 0.6) is 0 Å². The molecule has 1 saturated heterocycles. The van der Waals surface area contributed by atoms with Crippen LogP contribution in [0.15, 0.2) is 29.3 Å². The van der Waals surface area contributed by atoms with E-state index in [1.165, 1.54) is 11.8 Å². The third-order valence-electron chi connectivity index (χ3n) is 3.38. The third-order valence-corrected chi connectivity index (χ3v) is 4.59. The van der Waals surface area contributed by atoms with Crippen LogP contribution in [0.1, 0.15) is 12.0 Å². The van der Waals surface area contributed by atoms with Gasteiger partial charge in [-0.2, -0.15) is 0 Å². The molecule has 0 saturated carbocycles. The minimum Gasteiger partial charge on any atom is -0.326 e. The summed E-state index contributed by atoms with van der Waals surface area (Å²) in [4.78, 5) is 30.1. The molecule has 0 spiro atoms. The summed E-state index contributed by atoms with van der Waals surface area (Å²) in [5.41, 5.74) is 1.81. The second-order valence-corrected chi connectivity index (χ2v) is 6.00. The minimum atomic E-state index is -0.335. The average Bonchev–Trinajstić information content (AvgIpc) is 2.97. The van der Waals surface area contributed by atoms with Gasteiger partial charge in [-0.05, 0) is 18.6 Å². The van der Waals surface area contributed by atoms with Crippen molar-refractivity contribution >= 4 is 34.4 Å². The number of nitrogens with one attached hydrogen (secondary N) is 1. The Morgan fingerprint density at radius 2 is 2.30 bits per heavy atom. The molecule has 1 N–H and O–H groups in total. The molecule has 0 aliphatic carbocycles. The molecule has 20 heavy (non-hydrogen) atoms. The number of carbonyl (C=O) groups is 2. The van der Waals surface area contributed by atoms with Crippen molar-refractivity contribution in [2.75, 3.05) is 18.4 Å². The molecule has 2 aliphatic heterocycles. The van der Waals surface area contributed by atoms with Crippen molar-refractivity contribution in [2.24, 2.45) is 4.99 Å². The topological polar surface area (TPSA) is 61.8 Å². The molecule has 0 radical (unpaired) electrons. The molecule has 6 heteroatoms. The van der Waals surface area contributed by atoms with Gasteiger partial charge in [-0.15, -0.1) is 0 Å². The number of carbonyl (C=O) groups excluding carboxylic acids is 2. The van der Waals surface area contributed by atoms with Crippen LogP contribution in [0, 0.1) is 6.92 Å². The Morgan fingerprint density at radius 3 is 3.05 bits per heavy atom. The maximum Gasteiger partial charge on any atom is 0.242 e. The van der Waals surface area contributed by atoms with Gasteiger partial charge in [0.25, 0.3) is 0 Å². The first-order valence-electron chi connectivity index (χ1n) is 6.53. The Morgan fingerprint density at radius 1 is 1.50 bits per heavy atom. The molecule has 1 unspecified atom stereocenters. The highest BCUT2D eigenvalue weighted by Crippen LogP contribution is 2.31. The summed E-state index contributed by atoms with van der Waals surface area (Å²) < 4.78 is 0. The Bertz CT molecular complexity index is 600. The number of rotatable bonds is 3. The smallest absolute Gasteiger partial charge is 0.242 e. The average molecular weight is 289 g/mol. The fourth-order valence-electron chi connectivity index (χ4n) is 2.30. The zero-order chi connectivity index (χ0) is 14.1. The van der Waals surface area contributed by atoms with Crippen LogP contribution < -0.4 is 5.32 Å². The normalized spacial score (nSPS) is 20.9. The highest BCUT2D eigenvalue weighted by Gasteiger charge is 2.40. The van der Waals surface area contributed by atoms with Gasteiger partial charge < -0.3 is 5.32 Å². The molecular weight excluding hydrogens is 274 g/mol. The van der Waals surface area contributed by atoms with Crippen molar-refractivity contribution in [3.8, 4) is 0 Å². The van der Waals surface area contributed by atoms with Crippen molar-refractivity contribution in [3.63, 3.8) is 0 Å². The first-order valence-corrected chi connectivity index (χ1v) is 7.41. The first kappa shape index (κ1) is 13.2. The van der Waals surface area contributed by atoms with Crippen LogP contribution in [0.25, 0.3) is 0 Å². The molecule has 1 fully saturated rings. The molecule has 3 rings (SSSR count). The Balaban J connectivity index is 1.63. The van der Waals surface area contributed by atoms with Gasteiger partial charge in [-0.3, -0.25) is 19.5 Å². The summed E-state index contributed by atoms with van der Waals surface area (Å²) in [7, 11) is 0. The molecule has 2 amide bonds. The lowest BCUT2D eigenvalue weighted by atomic mass is 10.2. The van der Waals surface area contributed by atoms with Gasteiger partial charge in [-0.1, -0.05) is 30.0 Å². The first-order chi connectivity index (χ1) is 9.65. The van der Waals surface area contributed by atoms with E-state index in [0.717, 1.165) is 16.4 Å². The third kappa shape index (κ3) is 2.43. The number of nitrogens with zero attached hydrogens (tertiary/aromatic N) is 2. The molecule has 2 heterocycles. The lowest BCUT2D eigenvalue weighted by molar-refractivity contribution is -0.127. The van der Waals surface area contributed by atoms with E-state index in [4.69, 9.17) is 0 Å². The minimum absolute atomic E-state index is 0.00573. The number of aliphatic imine (C=N–C) groups is 1. The van der Waals surface area contributed by atoms with Crippen LogP contribution >= 0.6 is 11.8 Å². The number of hydrogen-bond donors (Lipinski definition) is 1. The zero-order valence-corrected chi connectivity index (χ0v) is 11.9. The number of para-hydroxylation sites is 1. The lowest BCUT2D eigenvalue weighted by Crippen LogP contribution is -2.32. The zero-order valence-electron chi connectivity index (χ0n) is 11.1. The Kier molecular flexibility index (Phi) is 3.48. The predicted octanol–water partition coefficient (Wildman–Crippen LogP) is 1.64. The van der Waals surface area contributed by atoms with E-state index in [-0.39, 0.29) is 23.5 Å². The van der Waals surface area contributed by atoms with Gasteiger partial charge in [-0.25, -0.2) is 0 Å². The van der Waals surface area contributed by atoms with Crippen molar-refractivity contribution in [1.82, 2.24) is 4.90 Å². The van der Waals surface area contributed by atoms with E-state index >= 15 is 0 Å². The molecular formula is C14H15N3O2S. The number of anilines is 1. The quantitative estimate of drug-likeness (QED) is 0.920. The molecule has 104 valence electrons. The van der Waals surface area contributed by atoms with Crippen molar-refractivity contribution in [3.05, 3.63) is 29.8 Å². The van der Waals surface area contributed by atoms with Gasteiger partial charge in [0.15, 0.2) is 5.17 Å². The second-order valence-electron chi connectivity index (χ2n) is 4.83. The second kappa shape index (κ2) is 5.28. The lowest BCUT2D eigenvalue weighted by Gasteiger charge is -2.11. The number of amides is 2. The standard InChI is InChI=1S/C14H15N3O2S/c1-9-4-2-3-5-10(9)16-12(18)8-11-13(19)17-7-6-15-14(17)20-11/h2-5,11H,6-8H2,1H3,(H,16,18). The number of aryl methyl sites for hydroxylation is 1. The summed E-state index contributed by atoms with van der Waals surface area (Å²) in [5, 5.41) is 3.29. The highest BCUT2D eigenvalue weighted by atomic mass is 32.2. The van der Waals surface area contributed by atoms with E-state index in [1.807, 2.05) is 31.2 Å². The summed E-state index contributed by atoms with van der Waals surface area (Å²) in [6.07, 6.45) is 0.188. The van der Waals surface area contributed by atoms with Crippen molar-refractivity contribution in [2.45, 2.75) is 18.6 Å². The van der Waals surface area contributed by atoms with Crippen LogP contribution in [0.3, 0.4) is 0 Å². The van der Waals surface area contributed by atoms with Crippen LogP contribution in [-0.2, 0) is 9.59 Å². The van der Waals surface area contributed by atoms with Crippen LogP contribution in [-0.4, -0.2) is 40.2 Å². The van der Waals surface area contributed by atoms with E-state index in [2.05, 4.69) is 10.3 Å². The number of amidine groups is 1. The maximum absolute atomic E-state index is 12.1. The molecule has 2 aliphatic rings. The number of benzene rings is 1. The van der Waals surface area contributed by atoms with Gasteiger partial charge in [0.1, 0.15) is 5.25 Å². The summed E-state index contributed by atoms with van der Waals surface area (Å²) in [5.74, 6) is -0.127. The van der Waals surface area contributed by atoms with Crippen LogP contribution in [0.2, 0.25) is 0 Å². The fraction of sp³-hybridized carbons (Fsp3) is 0.357. The monoisotopic (exact) mass is 289 g/mol. The van der Waals surface area contributed by atoms with E-state index < -0.39 is 0 Å². The molecule has 1 aromatic rings. The number of thioether (sulfide) groups is 1. The number of hydrogen-bond acceptors (Lipinski definition) is 4. The fourth-order valence-corrected chi connectivity index (χ4v) is 3.49. The molecule has 1 atom stereocenters. The van der Waals surface area contributed by atoms with Gasteiger partial charge in [0.2, 0.25) is 11.8 Å². The van der Waals surface area contributed by atoms with Crippen LogP contribution in [0.4, 0.5) is 5.69 Å². The van der Waals surface area contributed by atoms with E-state index in [1.54, 1.807) is 4.90 Å². The van der Waals surface area contributed by atoms with E-state index in [0.29, 0.717) is 13.1 Å². The molecule has 5 nitrogen and oxygen atoms in total. The molecule has 0 bridgehead atoms. The highest BCUT2D eigenvalue weighted by molar-refractivity contribution is 8.15.